The predicted molar refractivity (Wildman–Crippen MR) is 305 cm³/mol. The Morgan fingerprint density at radius 3 is 0.795 bits per heavy atom. The Balaban J connectivity index is 0. The van der Waals surface area contributed by atoms with E-state index < -0.39 is 58.3 Å². The van der Waals surface area contributed by atoms with Crippen molar-refractivity contribution in [1.29, 1.82) is 0 Å². The van der Waals surface area contributed by atoms with Crippen molar-refractivity contribution in [1.82, 2.24) is 14.7 Å². The number of halogens is 1. The summed E-state index contributed by atoms with van der Waals surface area (Å²) in [5.41, 5.74) is 6.00. The number of benzene rings is 3. The van der Waals surface area contributed by atoms with Crippen molar-refractivity contribution >= 4 is 57.8 Å². The molecule has 3 unspecified atom stereocenters. The van der Waals surface area contributed by atoms with E-state index >= 15 is 0 Å². The third-order valence-electron chi connectivity index (χ3n) is 11.7. The van der Waals surface area contributed by atoms with Crippen molar-refractivity contribution in [2.24, 2.45) is 0 Å². The highest BCUT2D eigenvalue weighted by Crippen LogP contribution is 2.37. The van der Waals surface area contributed by atoms with Crippen LogP contribution in [0, 0.1) is 0 Å². The number of hydrogen-bond acceptors (Lipinski definition) is 16. The quantitative estimate of drug-likeness (QED) is 0.0411. The molecule has 0 heterocycles. The van der Waals surface area contributed by atoms with Crippen LogP contribution < -0.4 is 14.2 Å². The lowest BCUT2D eigenvalue weighted by Crippen LogP contribution is -2.35. The van der Waals surface area contributed by atoms with Gasteiger partial charge in [-0.25, -0.2) is 9.59 Å². The van der Waals surface area contributed by atoms with Crippen LogP contribution >= 0.6 is 11.6 Å². The number of aliphatic carboxylic acids is 1. The molecular formula is C57H90ClN3O16S. The Morgan fingerprint density at radius 1 is 0.436 bits per heavy atom. The summed E-state index contributed by atoms with van der Waals surface area (Å²) in [6, 6.07) is 16.6. The van der Waals surface area contributed by atoms with Gasteiger partial charge in [0.05, 0.1) is 0 Å². The highest BCUT2D eigenvalue weighted by molar-refractivity contribution is 7.79. The first kappa shape index (κ1) is 74.6. The Hall–Kier alpha value is -5.48. The van der Waals surface area contributed by atoms with Crippen molar-refractivity contribution in [3.05, 3.63) is 88.0 Å². The third kappa shape index (κ3) is 28.9. The number of carboxylic acid groups (broad SMARTS) is 1. The molecule has 0 spiro atoms. The Bertz CT molecular complexity index is 2280. The van der Waals surface area contributed by atoms with Gasteiger partial charge in [-0.3, -0.25) is 43.0 Å². The van der Waals surface area contributed by atoms with Gasteiger partial charge < -0.3 is 28.8 Å². The number of alkyl halides is 1. The lowest BCUT2D eigenvalue weighted by molar-refractivity contribution is -0.156. The zero-order chi connectivity index (χ0) is 61.1. The average Bonchev–Trinajstić information content (AvgIpc) is 3.33. The van der Waals surface area contributed by atoms with Crippen LogP contribution in [-0.2, 0) is 48.6 Å². The van der Waals surface area contributed by atoms with Crippen LogP contribution in [0.15, 0.2) is 54.6 Å². The third-order valence-corrected chi connectivity index (χ3v) is 12.0. The molecule has 3 N–H and O–H groups in total. The molecule has 19 nitrogen and oxygen atoms in total. The summed E-state index contributed by atoms with van der Waals surface area (Å²) in [6.45, 7) is 29.0. The maximum Gasteiger partial charge on any atom is 0.394 e. The highest BCUT2D eigenvalue weighted by Gasteiger charge is 2.24. The largest absolute Gasteiger partial charge is 0.480 e. The molecule has 0 bridgehead atoms. The highest BCUT2D eigenvalue weighted by atomic mass is 35.5. The van der Waals surface area contributed by atoms with Crippen molar-refractivity contribution < 1.29 is 75.1 Å². The summed E-state index contributed by atoms with van der Waals surface area (Å²) in [4.78, 5) is 74.5. The molecule has 0 aliphatic heterocycles. The van der Waals surface area contributed by atoms with Gasteiger partial charge >= 0.3 is 46.2 Å². The second-order valence-corrected chi connectivity index (χ2v) is 21.9. The number of likely N-dealkylation sites (N-methyl/N-ethyl adjacent to an activating group) is 3. The Morgan fingerprint density at radius 2 is 0.641 bits per heavy atom. The second-order valence-electron chi connectivity index (χ2n) is 20.7. The molecule has 0 radical (unpaired) electrons. The summed E-state index contributed by atoms with van der Waals surface area (Å²) in [5.74, 6) is 0.0531. The monoisotopic (exact) mass is 1140 g/mol. The summed E-state index contributed by atoms with van der Waals surface area (Å²) < 4.78 is 58.2. The molecule has 78 heavy (non-hydrogen) atoms. The van der Waals surface area contributed by atoms with Crippen LogP contribution in [-0.4, -0.2) is 153 Å². The molecular weight excluding hydrogens is 1050 g/mol. The first-order valence-corrected chi connectivity index (χ1v) is 27.6. The van der Waals surface area contributed by atoms with Crippen LogP contribution in [0.2, 0.25) is 0 Å². The van der Waals surface area contributed by atoms with Gasteiger partial charge in [-0.1, -0.05) is 138 Å². The molecule has 0 fully saturated rings. The lowest BCUT2D eigenvalue weighted by Gasteiger charge is -2.20. The molecule has 21 heteroatoms. The average molecular weight is 1140 g/mol. The second kappa shape index (κ2) is 36.6. The molecule has 0 aromatic heterocycles. The molecule has 0 saturated heterocycles. The van der Waals surface area contributed by atoms with Gasteiger partial charge in [-0.2, -0.15) is 8.42 Å². The number of para-hydroxylation sites is 3. The summed E-state index contributed by atoms with van der Waals surface area (Å²) in [7, 11) is 5.91. The van der Waals surface area contributed by atoms with Crippen LogP contribution in [0.4, 0.5) is 0 Å². The molecule has 3 rings (SSSR count). The van der Waals surface area contributed by atoms with E-state index in [4.69, 9.17) is 57.9 Å². The van der Waals surface area contributed by atoms with Crippen LogP contribution in [0.25, 0.3) is 0 Å². The molecule has 0 aliphatic rings. The fourth-order valence-electron chi connectivity index (χ4n) is 6.37. The number of carbonyl (C=O) groups excluding carboxylic acids is 5. The van der Waals surface area contributed by atoms with E-state index in [0.717, 1.165) is 33.4 Å². The van der Waals surface area contributed by atoms with Gasteiger partial charge in [-0.15, -0.1) is 11.6 Å². The molecule has 3 aromatic rings. The fourth-order valence-corrected chi connectivity index (χ4v) is 6.43. The van der Waals surface area contributed by atoms with Gasteiger partial charge in [0.25, 0.3) is 0 Å². The first-order valence-electron chi connectivity index (χ1n) is 25.6. The van der Waals surface area contributed by atoms with E-state index in [-0.39, 0.29) is 48.8 Å². The van der Waals surface area contributed by atoms with E-state index in [2.05, 4.69) is 83.1 Å². The number of carboxylic acids is 1. The normalized spacial score (nSPS) is 12.3. The van der Waals surface area contributed by atoms with Gasteiger partial charge in [0, 0.05) is 0 Å². The maximum absolute atomic E-state index is 12.1. The first-order chi connectivity index (χ1) is 35.8. The number of carbonyl (C=O) groups is 6. The van der Waals surface area contributed by atoms with Crippen LogP contribution in [0.5, 0.6) is 17.2 Å². The number of ether oxygens (including phenoxy) is 5. The van der Waals surface area contributed by atoms with Crippen molar-refractivity contribution in [2.45, 2.75) is 157 Å². The Kier molecular flexibility index (Phi) is 35.0. The van der Waals surface area contributed by atoms with E-state index in [1.165, 1.54) is 0 Å². The maximum atomic E-state index is 12.1. The lowest BCUT2D eigenvalue weighted by atomic mass is 9.94. The van der Waals surface area contributed by atoms with Crippen molar-refractivity contribution in [3.8, 4) is 17.2 Å². The van der Waals surface area contributed by atoms with Crippen LogP contribution in [0.3, 0.4) is 0 Å². The smallest absolute Gasteiger partial charge is 0.394 e. The van der Waals surface area contributed by atoms with Crippen molar-refractivity contribution in [2.75, 3.05) is 61.4 Å². The molecule has 0 saturated carbocycles. The van der Waals surface area contributed by atoms with E-state index in [9.17, 15) is 28.8 Å². The number of esters is 5. The van der Waals surface area contributed by atoms with Gasteiger partial charge in [0.1, 0.15) is 41.3 Å². The molecule has 0 amide bonds. The fraction of sp³-hybridized carbons (Fsp3) is 0.579. The number of nitrogens with zero attached hydrogens (tertiary/aromatic N) is 3. The Labute approximate surface area is 469 Å². The zero-order valence-electron chi connectivity index (χ0n) is 49.8. The van der Waals surface area contributed by atoms with E-state index in [1.54, 1.807) is 77.8 Å². The summed E-state index contributed by atoms with van der Waals surface area (Å²) in [6.07, 6.45) is 0. The molecule has 442 valence electrons. The van der Waals surface area contributed by atoms with E-state index in [0.29, 0.717) is 29.1 Å². The number of rotatable bonds is 20. The van der Waals surface area contributed by atoms with E-state index in [1.807, 2.05) is 54.6 Å². The minimum Gasteiger partial charge on any atom is -0.480 e. The minimum atomic E-state index is -4.67. The molecule has 3 atom stereocenters. The minimum absolute atomic E-state index is 0.121. The molecule has 0 aliphatic carbocycles. The standard InChI is InChI=1S/2C19H29NO4.C14H19ClO2.C5H11NO2.H2O4S/c2*1-12(2)15-9-8-10-16(13(3)4)18(15)24-17(21)11-23-19(22)14(5)20(6)7;1-9(2)11-6-5-7-12(10(3)4)14(11)17-13(16)8-15;1-4(5(7)8)6(2)3;1-5(2,3)4/h2*8-10,12-14H,11H2,1-7H3;5-7,9-10H,8H2,1-4H3;4H,1-3H3,(H,7,8);(H2,1,2,3,4). The van der Waals surface area contributed by atoms with Gasteiger partial charge in [0.15, 0.2) is 13.2 Å². The summed E-state index contributed by atoms with van der Waals surface area (Å²) >= 11 is 5.49. The van der Waals surface area contributed by atoms with Gasteiger partial charge in [0.2, 0.25) is 0 Å². The SMILES string of the molecule is CC(C(=O)O)N(C)C.CC(C)c1cccc(C(C)C)c1OC(=O)CCl.CC(C)c1cccc(C(C)C)c1OC(=O)COC(=O)C(C)N(C)C.CC(C)c1cccc(C(C)C)c1OC(=O)COC(=O)C(C)N(C)C.O=S(=O)(O)O. The predicted octanol–water partition coefficient (Wildman–Crippen LogP) is 10.1. The molecule has 3 aromatic carbocycles. The number of hydrogen-bond donors (Lipinski definition) is 3. The van der Waals surface area contributed by atoms with Crippen LogP contribution in [0.1, 0.15) is 173 Å². The van der Waals surface area contributed by atoms with Crippen molar-refractivity contribution in [3.63, 3.8) is 0 Å². The summed E-state index contributed by atoms with van der Waals surface area (Å²) in [5, 5.41) is 8.31. The topological polar surface area (TPSA) is 253 Å². The zero-order valence-corrected chi connectivity index (χ0v) is 51.4. The van der Waals surface area contributed by atoms with Gasteiger partial charge in [-0.05, 0) is 132 Å².